The van der Waals surface area contributed by atoms with Crippen LogP contribution in [0.25, 0.3) is 10.8 Å². The molecule has 18 heavy (non-hydrogen) atoms. The lowest BCUT2D eigenvalue weighted by atomic mass is 10.0. The van der Waals surface area contributed by atoms with Crippen molar-refractivity contribution in [3.05, 3.63) is 29.8 Å². The molecule has 0 fully saturated rings. The number of methoxy groups -OCH3 is 2. The van der Waals surface area contributed by atoms with E-state index in [2.05, 4.69) is 4.99 Å². The van der Waals surface area contributed by atoms with Crippen molar-refractivity contribution >= 4 is 28.5 Å². The molecular weight excluding hydrogens is 230 g/mol. The normalized spacial score (nSPS) is 12.9. The van der Waals surface area contributed by atoms with Crippen LogP contribution in [0.2, 0.25) is 0 Å². The Balaban J connectivity index is 2.46. The Morgan fingerprint density at radius 1 is 1.11 bits per heavy atom. The zero-order chi connectivity index (χ0) is 12.7. The third kappa shape index (κ3) is 1.32. The average Bonchev–Trinajstić information content (AvgIpc) is 2.77. The van der Waals surface area contributed by atoms with Crippen molar-refractivity contribution in [3.8, 4) is 11.5 Å². The number of carbonyl (C=O) groups is 1. The van der Waals surface area contributed by atoms with Gasteiger partial charge in [0, 0.05) is 10.8 Å². The maximum absolute atomic E-state index is 11.8. The summed E-state index contributed by atoms with van der Waals surface area (Å²) in [6.07, 6.45) is 1.32. The van der Waals surface area contributed by atoms with Crippen molar-refractivity contribution in [2.24, 2.45) is 4.99 Å². The second-order valence-corrected chi connectivity index (χ2v) is 3.98. The Bertz CT molecular complexity index is 689. The van der Waals surface area contributed by atoms with E-state index in [0.29, 0.717) is 17.0 Å². The van der Waals surface area contributed by atoms with Crippen LogP contribution in [-0.2, 0) is 0 Å². The van der Waals surface area contributed by atoms with Gasteiger partial charge in [0.2, 0.25) is 5.78 Å². The number of ketones is 1. The maximum Gasteiger partial charge on any atom is 0.209 e. The summed E-state index contributed by atoms with van der Waals surface area (Å²) in [4.78, 5) is 15.9. The Morgan fingerprint density at radius 2 is 1.94 bits per heavy atom. The van der Waals surface area contributed by atoms with E-state index in [1.165, 1.54) is 6.21 Å². The Hall–Kier alpha value is -2.36. The van der Waals surface area contributed by atoms with Crippen LogP contribution < -0.4 is 9.47 Å². The molecule has 0 bridgehead atoms. The quantitative estimate of drug-likeness (QED) is 0.812. The van der Waals surface area contributed by atoms with E-state index in [1.54, 1.807) is 14.2 Å². The van der Waals surface area contributed by atoms with E-state index in [-0.39, 0.29) is 5.78 Å². The molecule has 90 valence electrons. The van der Waals surface area contributed by atoms with Crippen LogP contribution in [0.15, 0.2) is 29.3 Å². The number of hydrogen-bond acceptors (Lipinski definition) is 4. The van der Waals surface area contributed by atoms with Crippen molar-refractivity contribution in [2.75, 3.05) is 14.2 Å². The molecule has 0 aromatic heterocycles. The van der Waals surface area contributed by atoms with Gasteiger partial charge >= 0.3 is 0 Å². The number of Topliss-reactive ketones (excluding diaryl/α,β-unsaturated/α-hetero) is 1. The molecule has 3 rings (SSSR count). The van der Waals surface area contributed by atoms with Crippen LogP contribution in [-0.4, -0.2) is 26.2 Å². The van der Waals surface area contributed by atoms with Gasteiger partial charge < -0.3 is 9.47 Å². The van der Waals surface area contributed by atoms with Crippen molar-refractivity contribution < 1.29 is 14.3 Å². The number of nitrogens with zero attached hydrogens (tertiary/aromatic N) is 1. The molecule has 0 amide bonds. The zero-order valence-electron chi connectivity index (χ0n) is 10.1. The van der Waals surface area contributed by atoms with Gasteiger partial charge in [-0.2, -0.15) is 0 Å². The second kappa shape index (κ2) is 3.84. The molecular formula is C14H11NO3. The van der Waals surface area contributed by atoms with Gasteiger partial charge in [-0.1, -0.05) is 12.1 Å². The minimum absolute atomic E-state index is 0.119. The number of fused-ring (bicyclic) bond motifs is 2. The van der Waals surface area contributed by atoms with Crippen LogP contribution in [0.1, 0.15) is 10.4 Å². The van der Waals surface area contributed by atoms with Gasteiger partial charge in [-0.3, -0.25) is 9.79 Å². The van der Waals surface area contributed by atoms with E-state index in [4.69, 9.17) is 9.47 Å². The minimum Gasteiger partial charge on any atom is -0.496 e. The SMILES string of the molecule is COc1cccc2c(OC)c3c(cc12)N=CC3=O. The van der Waals surface area contributed by atoms with E-state index in [0.717, 1.165) is 16.5 Å². The van der Waals surface area contributed by atoms with Crippen molar-refractivity contribution in [3.63, 3.8) is 0 Å². The minimum atomic E-state index is -0.119. The van der Waals surface area contributed by atoms with Crippen LogP contribution in [0.5, 0.6) is 11.5 Å². The predicted molar refractivity (Wildman–Crippen MR) is 69.5 cm³/mol. The summed E-state index contributed by atoms with van der Waals surface area (Å²) in [5.41, 5.74) is 1.16. The lowest BCUT2D eigenvalue weighted by Crippen LogP contribution is -1.99. The van der Waals surface area contributed by atoms with E-state index in [9.17, 15) is 4.79 Å². The molecule has 2 aromatic rings. The summed E-state index contributed by atoms with van der Waals surface area (Å²) in [7, 11) is 3.17. The summed E-state index contributed by atoms with van der Waals surface area (Å²) in [6, 6.07) is 7.50. The van der Waals surface area contributed by atoms with Crippen LogP contribution >= 0.6 is 0 Å². The Morgan fingerprint density at radius 3 is 2.67 bits per heavy atom. The monoisotopic (exact) mass is 241 g/mol. The average molecular weight is 241 g/mol. The van der Waals surface area contributed by atoms with Crippen molar-refractivity contribution in [2.45, 2.75) is 0 Å². The smallest absolute Gasteiger partial charge is 0.209 e. The van der Waals surface area contributed by atoms with E-state index in [1.807, 2.05) is 24.3 Å². The van der Waals surface area contributed by atoms with Crippen LogP contribution in [0, 0.1) is 0 Å². The van der Waals surface area contributed by atoms with Gasteiger partial charge in [0.1, 0.15) is 11.5 Å². The number of ether oxygens (including phenoxy) is 2. The lowest BCUT2D eigenvalue weighted by molar-refractivity contribution is 0.107. The highest BCUT2D eigenvalue weighted by molar-refractivity contribution is 6.41. The second-order valence-electron chi connectivity index (χ2n) is 3.98. The molecule has 4 heteroatoms. The van der Waals surface area contributed by atoms with Crippen LogP contribution in [0.4, 0.5) is 5.69 Å². The molecule has 0 saturated carbocycles. The summed E-state index contributed by atoms with van der Waals surface area (Å²) in [6.45, 7) is 0. The molecule has 4 nitrogen and oxygen atoms in total. The predicted octanol–water partition coefficient (Wildman–Crippen LogP) is 2.76. The Kier molecular flexibility index (Phi) is 2.30. The van der Waals surface area contributed by atoms with Crippen molar-refractivity contribution in [1.82, 2.24) is 0 Å². The summed E-state index contributed by atoms with van der Waals surface area (Å²) in [5.74, 6) is 1.18. The van der Waals surface area contributed by atoms with Gasteiger partial charge in [-0.05, 0) is 12.1 Å². The summed E-state index contributed by atoms with van der Waals surface area (Å²) < 4.78 is 10.7. The molecule has 1 heterocycles. The largest absolute Gasteiger partial charge is 0.496 e. The molecule has 0 unspecified atom stereocenters. The number of hydrogen-bond donors (Lipinski definition) is 0. The van der Waals surface area contributed by atoms with Crippen LogP contribution in [0.3, 0.4) is 0 Å². The molecule has 1 aliphatic rings. The highest BCUT2D eigenvalue weighted by Crippen LogP contribution is 2.42. The molecule has 1 aliphatic heterocycles. The van der Waals surface area contributed by atoms with E-state index < -0.39 is 0 Å². The van der Waals surface area contributed by atoms with Gasteiger partial charge in [-0.15, -0.1) is 0 Å². The molecule has 0 radical (unpaired) electrons. The molecule has 0 aliphatic carbocycles. The first kappa shape index (κ1) is 10.8. The first-order valence-electron chi connectivity index (χ1n) is 5.52. The highest BCUT2D eigenvalue weighted by atomic mass is 16.5. The first-order valence-corrected chi connectivity index (χ1v) is 5.52. The number of carbonyl (C=O) groups excluding carboxylic acids is 1. The fourth-order valence-corrected chi connectivity index (χ4v) is 2.27. The summed E-state index contributed by atoms with van der Waals surface area (Å²) >= 11 is 0. The molecule has 0 atom stereocenters. The third-order valence-electron chi connectivity index (χ3n) is 3.07. The highest BCUT2D eigenvalue weighted by Gasteiger charge is 2.24. The fraction of sp³-hybridized carbons (Fsp3) is 0.143. The topological polar surface area (TPSA) is 47.9 Å². The summed E-state index contributed by atoms with van der Waals surface area (Å²) in [5, 5.41) is 1.75. The van der Waals surface area contributed by atoms with Gasteiger partial charge in [0.05, 0.1) is 31.7 Å². The third-order valence-corrected chi connectivity index (χ3v) is 3.07. The number of benzene rings is 2. The molecule has 2 aromatic carbocycles. The maximum atomic E-state index is 11.8. The van der Waals surface area contributed by atoms with Gasteiger partial charge in [0.25, 0.3) is 0 Å². The molecule has 0 saturated heterocycles. The number of aliphatic imine (C=N–C) groups is 1. The first-order chi connectivity index (χ1) is 8.76. The Labute approximate surface area is 104 Å². The molecule has 0 spiro atoms. The molecule has 0 N–H and O–H groups in total. The van der Waals surface area contributed by atoms with Gasteiger partial charge in [-0.25, -0.2) is 0 Å². The van der Waals surface area contributed by atoms with Gasteiger partial charge in [0.15, 0.2) is 0 Å². The standard InChI is InChI=1S/C14H11NO3/c1-17-12-5-3-4-8-9(12)6-10-13(14(8)18-2)11(16)7-15-10/h3-7H,1-2H3. The fourth-order valence-electron chi connectivity index (χ4n) is 2.27. The van der Waals surface area contributed by atoms with Crippen molar-refractivity contribution in [1.29, 1.82) is 0 Å². The zero-order valence-corrected chi connectivity index (χ0v) is 10.1. The lowest BCUT2D eigenvalue weighted by Gasteiger charge is -2.12. The van der Waals surface area contributed by atoms with E-state index >= 15 is 0 Å². The number of rotatable bonds is 2.